The fourth-order valence-corrected chi connectivity index (χ4v) is 2.47. The van der Waals surface area contributed by atoms with E-state index in [-0.39, 0.29) is 11.8 Å². The molecule has 1 atom stereocenters. The number of imide groups is 1. The van der Waals surface area contributed by atoms with E-state index in [1.165, 1.54) is 31.5 Å². The summed E-state index contributed by atoms with van der Waals surface area (Å²) < 4.78 is 18.7. The van der Waals surface area contributed by atoms with Crippen LogP contribution in [-0.2, 0) is 4.79 Å². The minimum atomic E-state index is -0.964. The summed E-state index contributed by atoms with van der Waals surface area (Å²) >= 11 is 0. The highest BCUT2D eigenvalue weighted by atomic mass is 19.1. The molecule has 1 aliphatic rings. The predicted molar refractivity (Wildman–Crippen MR) is 80.0 cm³/mol. The molecule has 22 heavy (non-hydrogen) atoms. The first-order valence-corrected chi connectivity index (χ1v) is 7.59. The van der Waals surface area contributed by atoms with Crippen LogP contribution in [0.25, 0.3) is 0 Å². The second kappa shape index (κ2) is 7.77. The molecule has 0 heterocycles. The summed E-state index contributed by atoms with van der Waals surface area (Å²) in [7, 11) is 0. The zero-order valence-corrected chi connectivity index (χ0v) is 12.6. The van der Waals surface area contributed by atoms with Gasteiger partial charge in [0.1, 0.15) is 0 Å². The molecule has 0 spiro atoms. The highest BCUT2D eigenvalue weighted by Crippen LogP contribution is 2.18. The number of hydrogen-bond donors (Lipinski definition) is 2. The largest absolute Gasteiger partial charge is 0.478 e. The molecule has 0 saturated heterocycles. The summed E-state index contributed by atoms with van der Waals surface area (Å²) in [5.41, 5.74) is 0. The van der Waals surface area contributed by atoms with E-state index in [1.807, 2.05) is 0 Å². The van der Waals surface area contributed by atoms with Gasteiger partial charge in [-0.15, -0.1) is 0 Å². The maximum atomic E-state index is 13.4. The number of halogens is 1. The Morgan fingerprint density at radius 1 is 1.23 bits per heavy atom. The first-order valence-electron chi connectivity index (χ1n) is 7.59. The van der Waals surface area contributed by atoms with Crippen LogP contribution in [-0.4, -0.2) is 24.1 Å². The highest BCUT2D eigenvalue weighted by Gasteiger charge is 2.21. The quantitative estimate of drug-likeness (QED) is 0.898. The normalized spacial score (nSPS) is 16.6. The van der Waals surface area contributed by atoms with E-state index in [1.54, 1.807) is 6.07 Å². The molecule has 3 amide bonds. The average Bonchev–Trinajstić information content (AvgIpc) is 2.50. The third-order valence-electron chi connectivity index (χ3n) is 3.69. The van der Waals surface area contributed by atoms with Crippen molar-refractivity contribution in [2.45, 2.75) is 51.2 Å². The SMILES string of the molecule is C[C@H](Oc1ccccc1F)C(=O)NC(=O)NC1CCCCC1. The van der Waals surface area contributed by atoms with Crippen molar-refractivity contribution in [2.75, 3.05) is 0 Å². The van der Waals surface area contributed by atoms with E-state index in [0.717, 1.165) is 25.7 Å². The molecule has 1 fully saturated rings. The topological polar surface area (TPSA) is 67.4 Å². The monoisotopic (exact) mass is 308 g/mol. The van der Waals surface area contributed by atoms with E-state index in [0.29, 0.717) is 0 Å². The van der Waals surface area contributed by atoms with Crippen LogP contribution in [0.1, 0.15) is 39.0 Å². The van der Waals surface area contributed by atoms with E-state index >= 15 is 0 Å². The molecule has 120 valence electrons. The molecule has 1 aromatic carbocycles. The molecule has 1 saturated carbocycles. The van der Waals surface area contributed by atoms with Crippen LogP contribution in [0, 0.1) is 5.82 Å². The molecule has 2 rings (SSSR count). The van der Waals surface area contributed by atoms with Crippen molar-refractivity contribution in [3.63, 3.8) is 0 Å². The van der Waals surface area contributed by atoms with Gasteiger partial charge in [-0.1, -0.05) is 31.4 Å². The van der Waals surface area contributed by atoms with Crippen molar-refractivity contribution in [3.05, 3.63) is 30.1 Å². The van der Waals surface area contributed by atoms with Gasteiger partial charge in [0.2, 0.25) is 0 Å². The Kier molecular flexibility index (Phi) is 5.75. The van der Waals surface area contributed by atoms with Crippen LogP contribution in [0.4, 0.5) is 9.18 Å². The Morgan fingerprint density at radius 3 is 2.59 bits per heavy atom. The summed E-state index contributed by atoms with van der Waals surface area (Å²) in [5.74, 6) is -1.16. The van der Waals surface area contributed by atoms with E-state index < -0.39 is 23.9 Å². The summed E-state index contributed by atoms with van der Waals surface area (Å²) in [5, 5.41) is 5.01. The highest BCUT2D eigenvalue weighted by molar-refractivity contribution is 5.96. The van der Waals surface area contributed by atoms with Gasteiger partial charge in [0.05, 0.1) is 0 Å². The number of carbonyl (C=O) groups is 2. The average molecular weight is 308 g/mol. The Bertz CT molecular complexity index is 530. The minimum Gasteiger partial charge on any atom is -0.478 e. The number of benzene rings is 1. The second-order valence-corrected chi connectivity index (χ2v) is 5.49. The van der Waals surface area contributed by atoms with Crippen LogP contribution >= 0.6 is 0 Å². The lowest BCUT2D eigenvalue weighted by molar-refractivity contribution is -0.126. The molecule has 1 aliphatic carbocycles. The number of hydrogen-bond acceptors (Lipinski definition) is 3. The maximum absolute atomic E-state index is 13.4. The van der Waals surface area contributed by atoms with Gasteiger partial charge in [-0.25, -0.2) is 9.18 Å². The molecular weight excluding hydrogens is 287 g/mol. The van der Waals surface area contributed by atoms with Gasteiger partial charge in [0.25, 0.3) is 5.91 Å². The van der Waals surface area contributed by atoms with Gasteiger partial charge < -0.3 is 10.1 Å². The molecule has 0 unspecified atom stereocenters. The third kappa shape index (κ3) is 4.72. The van der Waals surface area contributed by atoms with Gasteiger partial charge >= 0.3 is 6.03 Å². The van der Waals surface area contributed by atoms with Gasteiger partial charge in [0, 0.05) is 6.04 Å². The summed E-state index contributed by atoms with van der Waals surface area (Å²) in [6.45, 7) is 1.47. The molecule has 5 nitrogen and oxygen atoms in total. The van der Waals surface area contributed by atoms with Crippen molar-refractivity contribution >= 4 is 11.9 Å². The van der Waals surface area contributed by atoms with E-state index in [2.05, 4.69) is 10.6 Å². The van der Waals surface area contributed by atoms with Crippen LogP contribution in [0.15, 0.2) is 24.3 Å². The van der Waals surface area contributed by atoms with Gasteiger partial charge in [0.15, 0.2) is 17.7 Å². The number of urea groups is 1. The first-order chi connectivity index (χ1) is 10.6. The van der Waals surface area contributed by atoms with Crippen molar-refractivity contribution in [1.29, 1.82) is 0 Å². The molecular formula is C16H21FN2O3. The number of nitrogens with one attached hydrogen (secondary N) is 2. The van der Waals surface area contributed by atoms with Gasteiger partial charge in [-0.05, 0) is 31.9 Å². The molecule has 2 N–H and O–H groups in total. The molecule has 0 aromatic heterocycles. The smallest absolute Gasteiger partial charge is 0.321 e. The van der Waals surface area contributed by atoms with Crippen LogP contribution in [0.2, 0.25) is 0 Å². The number of ether oxygens (including phenoxy) is 1. The Morgan fingerprint density at radius 2 is 1.91 bits per heavy atom. The summed E-state index contributed by atoms with van der Waals surface area (Å²) in [6.07, 6.45) is 4.27. The van der Waals surface area contributed by atoms with Crippen molar-refractivity contribution in [3.8, 4) is 5.75 Å². The lowest BCUT2D eigenvalue weighted by atomic mass is 9.96. The zero-order valence-electron chi connectivity index (χ0n) is 12.6. The molecule has 0 aliphatic heterocycles. The Labute approximate surface area is 129 Å². The second-order valence-electron chi connectivity index (χ2n) is 5.49. The van der Waals surface area contributed by atoms with Gasteiger partial charge in [-0.2, -0.15) is 0 Å². The van der Waals surface area contributed by atoms with Crippen molar-refractivity contribution in [2.24, 2.45) is 0 Å². The van der Waals surface area contributed by atoms with Crippen LogP contribution in [0.3, 0.4) is 0 Å². The molecule has 0 radical (unpaired) electrons. The predicted octanol–water partition coefficient (Wildman–Crippen LogP) is 2.75. The fourth-order valence-electron chi connectivity index (χ4n) is 2.47. The number of carbonyl (C=O) groups excluding carboxylic acids is 2. The number of rotatable bonds is 4. The fraction of sp³-hybridized carbons (Fsp3) is 0.500. The van der Waals surface area contributed by atoms with Crippen LogP contribution < -0.4 is 15.4 Å². The lowest BCUT2D eigenvalue weighted by Crippen LogP contribution is -2.48. The zero-order chi connectivity index (χ0) is 15.9. The summed E-state index contributed by atoms with van der Waals surface area (Å²) in [4.78, 5) is 23.7. The van der Waals surface area contributed by atoms with Crippen molar-refractivity contribution in [1.82, 2.24) is 10.6 Å². The Hall–Kier alpha value is -2.11. The first kappa shape index (κ1) is 16.3. The summed E-state index contributed by atoms with van der Waals surface area (Å²) in [6, 6.07) is 5.41. The van der Waals surface area contributed by atoms with E-state index in [4.69, 9.17) is 4.74 Å². The molecule has 0 bridgehead atoms. The van der Waals surface area contributed by atoms with Crippen molar-refractivity contribution < 1.29 is 18.7 Å². The third-order valence-corrected chi connectivity index (χ3v) is 3.69. The molecule has 1 aromatic rings. The van der Waals surface area contributed by atoms with Crippen LogP contribution in [0.5, 0.6) is 5.75 Å². The lowest BCUT2D eigenvalue weighted by Gasteiger charge is -2.23. The standard InChI is InChI=1S/C16H21FN2O3/c1-11(22-14-10-6-5-9-13(14)17)15(20)19-16(21)18-12-7-3-2-4-8-12/h5-6,9-12H,2-4,7-8H2,1H3,(H2,18,19,20,21)/t11-/m0/s1. The number of para-hydroxylation sites is 1. The number of amides is 3. The molecule has 6 heteroatoms. The maximum Gasteiger partial charge on any atom is 0.321 e. The van der Waals surface area contributed by atoms with Gasteiger partial charge in [-0.3, -0.25) is 10.1 Å². The van der Waals surface area contributed by atoms with E-state index in [9.17, 15) is 14.0 Å². The Balaban J connectivity index is 1.80. The minimum absolute atomic E-state index is 0.0159.